The van der Waals surface area contributed by atoms with Crippen LogP contribution in [0.15, 0.2) is 17.1 Å². The third-order valence-corrected chi connectivity index (χ3v) is 5.02. The largest absolute Gasteiger partial charge is 0.451 e. The average molecular weight is 234 g/mol. The highest BCUT2D eigenvalue weighted by Gasteiger charge is 2.24. The van der Waals surface area contributed by atoms with Crippen LogP contribution in [0.3, 0.4) is 0 Å². The summed E-state index contributed by atoms with van der Waals surface area (Å²) in [4.78, 5) is 4.05. The summed E-state index contributed by atoms with van der Waals surface area (Å²) in [5, 5.41) is 0. The van der Waals surface area contributed by atoms with Gasteiger partial charge < -0.3 is 8.84 Å². The normalized spacial score (nSPS) is 15.4. The molecule has 0 radical (unpaired) electrons. The molecule has 0 spiro atoms. The van der Waals surface area contributed by atoms with E-state index in [4.69, 9.17) is 19.9 Å². The third kappa shape index (κ3) is 4.26. The minimum Gasteiger partial charge on any atom is -0.451 e. The highest BCUT2D eigenvalue weighted by atomic mass is 35.6. The molecule has 1 atom stereocenters. The molecule has 0 aliphatic carbocycles. The molecule has 1 heterocycles. The summed E-state index contributed by atoms with van der Waals surface area (Å²) >= 11 is 6.25. The summed E-state index contributed by atoms with van der Waals surface area (Å²) in [6.07, 6.45) is 5.06. The molecule has 3 nitrogen and oxygen atoms in total. The second kappa shape index (κ2) is 5.53. The van der Waals surface area contributed by atoms with Gasteiger partial charge in [-0.2, -0.15) is 0 Å². The highest BCUT2D eigenvalue weighted by molar-refractivity contribution is 7.16. The Labute approximate surface area is 90.3 Å². The summed E-state index contributed by atoms with van der Waals surface area (Å²) in [6, 6.07) is 0.954. The van der Waals surface area contributed by atoms with E-state index in [1.54, 1.807) is 6.26 Å². The van der Waals surface area contributed by atoms with Crippen LogP contribution in [0.2, 0.25) is 12.6 Å². The van der Waals surface area contributed by atoms with Gasteiger partial charge >= 0.3 is 0 Å². The zero-order chi connectivity index (χ0) is 10.4. The average Bonchev–Trinajstić information content (AvgIpc) is 2.56. The van der Waals surface area contributed by atoms with Gasteiger partial charge in [-0.05, 0) is 32.4 Å². The Morgan fingerprint density at radius 3 is 3.00 bits per heavy atom. The van der Waals surface area contributed by atoms with Gasteiger partial charge in [-0.1, -0.05) is 0 Å². The van der Waals surface area contributed by atoms with E-state index in [1.807, 2.05) is 13.5 Å². The molecule has 0 amide bonds. The molecule has 0 aromatic carbocycles. The van der Waals surface area contributed by atoms with Crippen molar-refractivity contribution < 1.29 is 8.84 Å². The zero-order valence-corrected chi connectivity index (χ0v) is 10.4. The van der Waals surface area contributed by atoms with E-state index >= 15 is 0 Å². The van der Waals surface area contributed by atoms with Crippen LogP contribution >= 0.6 is 11.1 Å². The molecule has 0 saturated carbocycles. The van der Waals surface area contributed by atoms with Crippen molar-refractivity contribution in [3.8, 4) is 0 Å². The molecule has 0 N–H and O–H groups in total. The molecule has 0 bridgehead atoms. The van der Waals surface area contributed by atoms with Gasteiger partial charge in [-0.25, -0.2) is 4.98 Å². The number of hydrogen-bond acceptors (Lipinski definition) is 3. The Morgan fingerprint density at radius 2 is 2.43 bits per heavy atom. The molecule has 0 fully saturated rings. The monoisotopic (exact) mass is 233 g/mol. The molecule has 14 heavy (non-hydrogen) atoms. The van der Waals surface area contributed by atoms with Crippen LogP contribution in [0.1, 0.15) is 19.0 Å². The lowest BCUT2D eigenvalue weighted by molar-refractivity contribution is 0.338. The first kappa shape index (κ1) is 11.7. The summed E-state index contributed by atoms with van der Waals surface area (Å²) in [7, 11) is -1.92. The predicted molar refractivity (Wildman–Crippen MR) is 58.7 cm³/mol. The Bertz CT molecular complexity index is 251. The number of nitrogens with zero attached hydrogens (tertiary/aromatic N) is 1. The summed E-state index contributed by atoms with van der Waals surface area (Å²) in [5.74, 6) is 0. The minimum absolute atomic E-state index is 0.705. The van der Waals surface area contributed by atoms with Crippen molar-refractivity contribution >= 4 is 18.7 Å². The smallest absolute Gasteiger partial charge is 0.286 e. The number of oxazole rings is 1. The maximum absolute atomic E-state index is 6.25. The summed E-state index contributed by atoms with van der Waals surface area (Å²) in [6.45, 7) is 4.71. The second-order valence-corrected chi connectivity index (χ2v) is 8.76. The molecule has 0 aliphatic rings. The van der Waals surface area contributed by atoms with Crippen molar-refractivity contribution in [1.82, 2.24) is 4.98 Å². The van der Waals surface area contributed by atoms with Gasteiger partial charge in [0.15, 0.2) is 6.39 Å². The van der Waals surface area contributed by atoms with E-state index in [2.05, 4.69) is 4.98 Å². The lowest BCUT2D eigenvalue weighted by Gasteiger charge is -2.18. The molecular formula is C9H16ClNO2Si. The lowest BCUT2D eigenvalue weighted by Crippen LogP contribution is -2.27. The fourth-order valence-corrected chi connectivity index (χ4v) is 3.60. The van der Waals surface area contributed by atoms with E-state index in [1.165, 1.54) is 6.39 Å². The van der Waals surface area contributed by atoms with Gasteiger partial charge in [-0.3, -0.25) is 0 Å². The van der Waals surface area contributed by atoms with Crippen molar-refractivity contribution in [3.05, 3.63) is 18.4 Å². The van der Waals surface area contributed by atoms with E-state index in [0.29, 0.717) is 6.61 Å². The lowest BCUT2D eigenvalue weighted by atomic mass is 10.3. The number of rotatable bonds is 6. The first-order valence-corrected chi connectivity index (χ1v) is 8.47. The van der Waals surface area contributed by atoms with Crippen LogP contribution in [0.5, 0.6) is 0 Å². The van der Waals surface area contributed by atoms with E-state index in [0.717, 1.165) is 24.6 Å². The number of hydrogen-bond donors (Lipinski definition) is 0. The second-order valence-electron chi connectivity index (χ2n) is 3.37. The first-order chi connectivity index (χ1) is 6.64. The van der Waals surface area contributed by atoms with E-state index < -0.39 is 7.63 Å². The highest BCUT2D eigenvalue weighted by Crippen LogP contribution is 2.19. The molecule has 80 valence electrons. The fraction of sp³-hybridized carbons (Fsp3) is 0.667. The Hall–Kier alpha value is -0.323. The van der Waals surface area contributed by atoms with Crippen LogP contribution in [-0.2, 0) is 10.8 Å². The van der Waals surface area contributed by atoms with Crippen molar-refractivity contribution in [2.45, 2.75) is 32.4 Å². The van der Waals surface area contributed by atoms with Crippen molar-refractivity contribution in [1.29, 1.82) is 0 Å². The van der Waals surface area contributed by atoms with Gasteiger partial charge in [0.25, 0.3) is 7.63 Å². The van der Waals surface area contributed by atoms with E-state index in [9.17, 15) is 0 Å². The molecule has 0 aliphatic heterocycles. The standard InChI is InChI=1S/C9H16ClNO2Si/c1-3-13-14(2,10)6-4-5-9-7-12-8-11-9/h7-8H,3-6H2,1-2H3. The first-order valence-electron chi connectivity index (χ1n) is 4.84. The fourth-order valence-electron chi connectivity index (χ4n) is 1.32. The Kier molecular flexibility index (Phi) is 4.64. The SMILES string of the molecule is CCO[Si](C)(Cl)CCCc1cocn1. The molecule has 1 unspecified atom stereocenters. The maximum Gasteiger partial charge on any atom is 0.286 e. The van der Waals surface area contributed by atoms with Crippen LogP contribution in [-0.4, -0.2) is 19.2 Å². The van der Waals surface area contributed by atoms with Crippen molar-refractivity contribution in [2.24, 2.45) is 0 Å². The molecule has 1 aromatic rings. The molecular weight excluding hydrogens is 218 g/mol. The number of aryl methyl sites for hydroxylation is 1. The quantitative estimate of drug-likeness (QED) is 0.560. The van der Waals surface area contributed by atoms with Gasteiger partial charge in [0, 0.05) is 6.61 Å². The van der Waals surface area contributed by atoms with Crippen molar-refractivity contribution in [3.63, 3.8) is 0 Å². The molecule has 1 aromatic heterocycles. The van der Waals surface area contributed by atoms with Gasteiger partial charge in [0.1, 0.15) is 6.26 Å². The summed E-state index contributed by atoms with van der Waals surface area (Å²) in [5.41, 5.74) is 0.989. The molecule has 1 rings (SSSR count). The third-order valence-electron chi connectivity index (χ3n) is 1.99. The van der Waals surface area contributed by atoms with E-state index in [-0.39, 0.29) is 0 Å². The maximum atomic E-state index is 6.25. The minimum atomic E-state index is -1.92. The van der Waals surface area contributed by atoms with Crippen LogP contribution in [0, 0.1) is 0 Å². The molecule has 0 saturated heterocycles. The van der Waals surface area contributed by atoms with Gasteiger partial charge in [-0.15, -0.1) is 11.1 Å². The van der Waals surface area contributed by atoms with Gasteiger partial charge in [0.05, 0.1) is 5.69 Å². The number of halogens is 1. The van der Waals surface area contributed by atoms with Gasteiger partial charge in [0.2, 0.25) is 0 Å². The van der Waals surface area contributed by atoms with Crippen molar-refractivity contribution in [2.75, 3.05) is 6.61 Å². The van der Waals surface area contributed by atoms with Crippen LogP contribution in [0.25, 0.3) is 0 Å². The molecule has 5 heteroatoms. The topological polar surface area (TPSA) is 35.3 Å². The number of aromatic nitrogens is 1. The van der Waals surface area contributed by atoms with Crippen LogP contribution in [0.4, 0.5) is 0 Å². The van der Waals surface area contributed by atoms with Crippen LogP contribution < -0.4 is 0 Å². The zero-order valence-electron chi connectivity index (χ0n) is 8.62. The predicted octanol–water partition coefficient (Wildman–Crippen LogP) is 2.95. The Morgan fingerprint density at radius 1 is 1.64 bits per heavy atom. The Balaban J connectivity index is 2.20. The summed E-state index contributed by atoms with van der Waals surface area (Å²) < 4.78 is 10.4.